The van der Waals surface area contributed by atoms with Gasteiger partial charge in [-0.3, -0.25) is 4.79 Å². The van der Waals surface area contributed by atoms with Gasteiger partial charge < -0.3 is 15.4 Å². The predicted molar refractivity (Wildman–Crippen MR) is 84.3 cm³/mol. The molecule has 0 saturated carbocycles. The quantitative estimate of drug-likeness (QED) is 0.818. The third-order valence-electron chi connectivity index (χ3n) is 4.29. The van der Waals surface area contributed by atoms with E-state index in [0.717, 1.165) is 37.2 Å². The highest BCUT2D eigenvalue weighted by molar-refractivity contribution is 5.76. The van der Waals surface area contributed by atoms with Crippen LogP contribution in [0.2, 0.25) is 0 Å². The predicted octanol–water partition coefficient (Wildman–Crippen LogP) is 2.35. The Labute approximate surface area is 127 Å². The second-order valence-corrected chi connectivity index (χ2v) is 6.30. The molecule has 1 heterocycles. The number of ether oxygens (including phenoxy) is 1. The van der Waals surface area contributed by atoms with E-state index in [1.165, 1.54) is 0 Å². The molecule has 2 rings (SSSR count). The molecule has 1 aliphatic heterocycles. The van der Waals surface area contributed by atoms with Gasteiger partial charge in [-0.05, 0) is 43.4 Å². The molecule has 1 aromatic rings. The van der Waals surface area contributed by atoms with E-state index in [1.54, 1.807) is 0 Å². The molecule has 2 N–H and O–H groups in total. The van der Waals surface area contributed by atoms with Crippen molar-refractivity contribution in [3.05, 3.63) is 29.8 Å². The highest BCUT2D eigenvalue weighted by atomic mass is 16.5. The number of carbonyl (C=O) groups is 1. The number of aryl methyl sites for hydroxylation is 1. The molecule has 1 amide bonds. The van der Waals surface area contributed by atoms with Gasteiger partial charge >= 0.3 is 0 Å². The number of benzene rings is 1. The third kappa shape index (κ3) is 4.21. The number of hydrogen-bond acceptors (Lipinski definition) is 3. The summed E-state index contributed by atoms with van der Waals surface area (Å²) < 4.78 is 5.72. The van der Waals surface area contributed by atoms with Gasteiger partial charge in [-0.2, -0.15) is 0 Å². The normalized spacial score (nSPS) is 21.6. The van der Waals surface area contributed by atoms with Gasteiger partial charge in [0.2, 0.25) is 5.91 Å². The van der Waals surface area contributed by atoms with Crippen LogP contribution in [0.25, 0.3) is 0 Å². The molecule has 1 atom stereocenters. The summed E-state index contributed by atoms with van der Waals surface area (Å²) in [6, 6.07) is 7.95. The lowest BCUT2D eigenvalue weighted by Gasteiger charge is -2.22. The highest BCUT2D eigenvalue weighted by Gasteiger charge is 2.34. The number of amides is 1. The summed E-state index contributed by atoms with van der Waals surface area (Å²) >= 11 is 0. The van der Waals surface area contributed by atoms with Crippen molar-refractivity contribution >= 4 is 5.91 Å². The van der Waals surface area contributed by atoms with Crippen molar-refractivity contribution in [3.8, 4) is 5.75 Å². The first-order chi connectivity index (χ1) is 10.0. The minimum Gasteiger partial charge on any atom is -0.493 e. The Kier molecular flexibility index (Phi) is 5.23. The van der Waals surface area contributed by atoms with Crippen LogP contribution in [0.1, 0.15) is 31.7 Å². The van der Waals surface area contributed by atoms with Crippen LogP contribution in [-0.4, -0.2) is 37.0 Å². The lowest BCUT2D eigenvalue weighted by Crippen LogP contribution is -2.34. The highest BCUT2D eigenvalue weighted by Crippen LogP contribution is 2.28. The van der Waals surface area contributed by atoms with Gasteiger partial charge in [-0.15, -0.1) is 0 Å². The van der Waals surface area contributed by atoms with Crippen LogP contribution < -0.4 is 10.5 Å². The molecule has 0 radical (unpaired) electrons. The maximum absolute atomic E-state index is 12.2. The van der Waals surface area contributed by atoms with Crippen LogP contribution >= 0.6 is 0 Å². The van der Waals surface area contributed by atoms with Crippen LogP contribution in [0.3, 0.4) is 0 Å². The van der Waals surface area contributed by atoms with Crippen molar-refractivity contribution in [2.45, 2.75) is 33.1 Å². The fourth-order valence-corrected chi connectivity index (χ4v) is 2.69. The number of hydrogen-bond donors (Lipinski definition) is 1. The monoisotopic (exact) mass is 290 g/mol. The molecule has 1 aromatic carbocycles. The molecule has 4 heteroatoms. The number of para-hydroxylation sites is 1. The van der Waals surface area contributed by atoms with Crippen LogP contribution in [0, 0.1) is 12.3 Å². The number of likely N-dealkylation sites (tertiary alicyclic amines) is 1. The molecule has 0 spiro atoms. The molecule has 116 valence electrons. The van der Waals surface area contributed by atoms with E-state index in [9.17, 15) is 4.79 Å². The minimum atomic E-state index is 0.104. The molecule has 0 aromatic heterocycles. The van der Waals surface area contributed by atoms with Crippen molar-refractivity contribution < 1.29 is 9.53 Å². The van der Waals surface area contributed by atoms with Gasteiger partial charge in [0.1, 0.15) is 5.75 Å². The minimum absolute atomic E-state index is 0.104. The van der Waals surface area contributed by atoms with E-state index in [4.69, 9.17) is 10.5 Å². The summed E-state index contributed by atoms with van der Waals surface area (Å²) in [4.78, 5) is 14.1. The lowest BCUT2D eigenvalue weighted by molar-refractivity contribution is -0.130. The standard InChI is InChI=1S/C17H26N2O2/c1-14-6-3-4-7-15(14)21-11-5-8-16(20)19-10-9-17(2,12-18)13-19/h3-4,6-7H,5,8-13,18H2,1-2H3. The Balaban J connectivity index is 1.70. The van der Waals surface area contributed by atoms with E-state index in [2.05, 4.69) is 6.92 Å². The lowest BCUT2D eigenvalue weighted by atomic mass is 9.90. The fraction of sp³-hybridized carbons (Fsp3) is 0.588. The SMILES string of the molecule is Cc1ccccc1OCCCC(=O)N1CCC(C)(CN)C1. The van der Waals surface area contributed by atoms with E-state index >= 15 is 0 Å². The summed E-state index contributed by atoms with van der Waals surface area (Å²) in [6.45, 7) is 7.04. The van der Waals surface area contributed by atoms with Gasteiger partial charge in [0, 0.05) is 19.5 Å². The van der Waals surface area contributed by atoms with Crippen LogP contribution in [0.4, 0.5) is 0 Å². The van der Waals surface area contributed by atoms with Crippen LogP contribution in [-0.2, 0) is 4.79 Å². The van der Waals surface area contributed by atoms with Gasteiger partial charge in [0.05, 0.1) is 6.61 Å². The van der Waals surface area contributed by atoms with E-state index < -0.39 is 0 Å². The van der Waals surface area contributed by atoms with E-state index in [1.807, 2.05) is 36.1 Å². The Hall–Kier alpha value is -1.55. The van der Waals surface area contributed by atoms with Crippen molar-refractivity contribution in [2.75, 3.05) is 26.2 Å². The first-order valence-corrected chi connectivity index (χ1v) is 7.70. The Morgan fingerprint density at radius 1 is 1.43 bits per heavy atom. The average Bonchev–Trinajstić information content (AvgIpc) is 2.88. The maximum atomic E-state index is 12.2. The molecule has 1 unspecified atom stereocenters. The van der Waals surface area contributed by atoms with Crippen LogP contribution in [0.5, 0.6) is 5.75 Å². The zero-order chi connectivity index (χ0) is 15.3. The van der Waals surface area contributed by atoms with Gasteiger partial charge in [-0.25, -0.2) is 0 Å². The van der Waals surface area contributed by atoms with Crippen molar-refractivity contribution in [1.29, 1.82) is 0 Å². The third-order valence-corrected chi connectivity index (χ3v) is 4.29. The zero-order valence-corrected chi connectivity index (χ0v) is 13.1. The molecule has 1 aliphatic rings. The second kappa shape index (κ2) is 6.94. The number of rotatable bonds is 6. The second-order valence-electron chi connectivity index (χ2n) is 6.30. The van der Waals surface area contributed by atoms with E-state index in [0.29, 0.717) is 19.6 Å². The van der Waals surface area contributed by atoms with Crippen molar-refractivity contribution in [3.63, 3.8) is 0 Å². The van der Waals surface area contributed by atoms with Crippen molar-refractivity contribution in [2.24, 2.45) is 11.1 Å². The largest absolute Gasteiger partial charge is 0.493 e. The Bertz CT molecular complexity index is 489. The molecule has 0 bridgehead atoms. The summed E-state index contributed by atoms with van der Waals surface area (Å²) in [5.41, 5.74) is 7.00. The van der Waals surface area contributed by atoms with Crippen LogP contribution in [0.15, 0.2) is 24.3 Å². The Morgan fingerprint density at radius 2 is 2.19 bits per heavy atom. The maximum Gasteiger partial charge on any atom is 0.222 e. The topological polar surface area (TPSA) is 55.6 Å². The summed E-state index contributed by atoms with van der Waals surface area (Å²) in [7, 11) is 0. The first kappa shape index (κ1) is 15.8. The summed E-state index contributed by atoms with van der Waals surface area (Å²) in [6.07, 6.45) is 2.31. The van der Waals surface area contributed by atoms with E-state index in [-0.39, 0.29) is 11.3 Å². The molecule has 1 saturated heterocycles. The molecular weight excluding hydrogens is 264 g/mol. The molecule has 21 heavy (non-hydrogen) atoms. The first-order valence-electron chi connectivity index (χ1n) is 7.70. The average molecular weight is 290 g/mol. The summed E-state index contributed by atoms with van der Waals surface area (Å²) in [5, 5.41) is 0. The molecule has 1 fully saturated rings. The number of carbonyl (C=O) groups excluding carboxylic acids is 1. The Morgan fingerprint density at radius 3 is 2.86 bits per heavy atom. The summed E-state index contributed by atoms with van der Waals surface area (Å²) in [5.74, 6) is 1.13. The molecule has 4 nitrogen and oxygen atoms in total. The van der Waals surface area contributed by atoms with Gasteiger partial charge in [0.25, 0.3) is 0 Å². The van der Waals surface area contributed by atoms with Crippen molar-refractivity contribution in [1.82, 2.24) is 4.90 Å². The zero-order valence-electron chi connectivity index (χ0n) is 13.1. The number of nitrogens with zero attached hydrogens (tertiary/aromatic N) is 1. The molecular formula is C17H26N2O2. The van der Waals surface area contributed by atoms with Gasteiger partial charge in [-0.1, -0.05) is 25.1 Å². The fourth-order valence-electron chi connectivity index (χ4n) is 2.69. The van der Waals surface area contributed by atoms with Gasteiger partial charge in [0.15, 0.2) is 0 Å². The molecule has 0 aliphatic carbocycles. The number of nitrogens with two attached hydrogens (primary N) is 1. The smallest absolute Gasteiger partial charge is 0.222 e.